The molecule has 3 amide bonds. The fourth-order valence-corrected chi connectivity index (χ4v) is 1.67. The third-order valence-electron chi connectivity index (χ3n) is 2.68. The second kappa shape index (κ2) is 6.68. The van der Waals surface area contributed by atoms with E-state index in [0.717, 1.165) is 0 Å². The first-order valence-corrected chi connectivity index (χ1v) is 6.20. The summed E-state index contributed by atoms with van der Waals surface area (Å²) in [5.41, 5.74) is 2.41. The monoisotopic (exact) mass is 308 g/mol. The number of ether oxygens (including phenoxy) is 1. The molecule has 9 nitrogen and oxygen atoms in total. The normalized spacial score (nSPS) is 14.0. The van der Waals surface area contributed by atoms with Crippen molar-refractivity contribution in [2.75, 3.05) is 7.11 Å². The Kier molecular flexibility index (Phi) is 4.69. The van der Waals surface area contributed by atoms with Gasteiger partial charge in [-0.25, -0.2) is 10.3 Å². The van der Waals surface area contributed by atoms with Gasteiger partial charge < -0.3 is 4.74 Å². The molecule has 1 aliphatic heterocycles. The fraction of sp³-hybridized carbons (Fsp3) is 0.231. The molecule has 0 spiro atoms. The van der Waals surface area contributed by atoms with Gasteiger partial charge in [-0.15, -0.1) is 0 Å². The van der Waals surface area contributed by atoms with Crippen molar-refractivity contribution in [3.8, 4) is 5.75 Å². The van der Waals surface area contributed by atoms with Crippen LogP contribution in [0.4, 0.5) is 4.79 Å². The van der Waals surface area contributed by atoms with Crippen LogP contribution in [-0.4, -0.2) is 36.0 Å². The average molecular weight is 308 g/mol. The number of hydroxylamine groups is 3. The van der Waals surface area contributed by atoms with Gasteiger partial charge in [0, 0.05) is 18.4 Å². The lowest BCUT2D eigenvalue weighted by Gasteiger charge is -2.12. The Hall–Kier alpha value is -2.94. The highest BCUT2D eigenvalue weighted by molar-refractivity contribution is 6.01. The summed E-state index contributed by atoms with van der Waals surface area (Å²) >= 11 is 0. The van der Waals surface area contributed by atoms with E-state index in [1.165, 1.54) is 31.4 Å². The molecule has 0 saturated carbocycles. The van der Waals surface area contributed by atoms with Gasteiger partial charge in [-0.05, 0) is 24.3 Å². The molecular weight excluding hydrogens is 296 g/mol. The summed E-state index contributed by atoms with van der Waals surface area (Å²) in [5.74, 6) is -1.59. The Balaban J connectivity index is 1.93. The van der Waals surface area contributed by atoms with Gasteiger partial charge in [-0.2, -0.15) is 0 Å². The lowest BCUT2D eigenvalue weighted by Crippen LogP contribution is -2.33. The molecule has 0 aliphatic carbocycles. The second-order valence-corrected chi connectivity index (χ2v) is 4.18. The highest BCUT2D eigenvalue weighted by atomic mass is 16.8. The SMILES string of the molecule is CONC(=O)c1ccc(OC(=O)ON2C(=O)CCC2=O)cc1. The Morgan fingerprint density at radius 2 is 1.68 bits per heavy atom. The predicted molar refractivity (Wildman–Crippen MR) is 69.1 cm³/mol. The van der Waals surface area contributed by atoms with E-state index in [-0.39, 0.29) is 24.2 Å². The van der Waals surface area contributed by atoms with Crippen molar-refractivity contribution in [2.45, 2.75) is 12.8 Å². The number of carbonyl (C=O) groups excluding carboxylic acids is 4. The summed E-state index contributed by atoms with van der Waals surface area (Å²) in [6, 6.07) is 5.48. The van der Waals surface area contributed by atoms with Gasteiger partial charge in [0.2, 0.25) is 0 Å². The second-order valence-electron chi connectivity index (χ2n) is 4.18. The highest BCUT2D eigenvalue weighted by Crippen LogP contribution is 2.16. The molecule has 22 heavy (non-hydrogen) atoms. The van der Waals surface area contributed by atoms with Gasteiger partial charge in [-0.1, -0.05) is 5.06 Å². The Morgan fingerprint density at radius 1 is 1.09 bits per heavy atom. The summed E-state index contributed by atoms with van der Waals surface area (Å²) in [6.45, 7) is 0. The minimum absolute atomic E-state index is 0.00454. The molecule has 1 fully saturated rings. The molecule has 1 saturated heterocycles. The minimum Gasteiger partial charge on any atom is -0.393 e. The topological polar surface area (TPSA) is 111 Å². The lowest BCUT2D eigenvalue weighted by atomic mass is 10.2. The molecule has 2 rings (SSSR count). The molecule has 0 unspecified atom stereocenters. The maximum Gasteiger partial charge on any atom is 0.539 e. The van der Waals surface area contributed by atoms with Crippen LogP contribution in [-0.2, 0) is 19.3 Å². The lowest BCUT2D eigenvalue weighted by molar-refractivity contribution is -0.174. The van der Waals surface area contributed by atoms with E-state index in [2.05, 4.69) is 15.2 Å². The van der Waals surface area contributed by atoms with E-state index in [9.17, 15) is 19.2 Å². The van der Waals surface area contributed by atoms with E-state index >= 15 is 0 Å². The maximum absolute atomic E-state index is 11.5. The van der Waals surface area contributed by atoms with Crippen LogP contribution in [0.1, 0.15) is 23.2 Å². The number of hydrogen-bond acceptors (Lipinski definition) is 7. The molecule has 0 aromatic heterocycles. The standard InChI is InChI=1S/C13H12N2O7/c1-20-14-12(18)8-2-4-9(5-3-8)21-13(19)22-15-10(16)6-7-11(15)17/h2-5H,6-7H2,1H3,(H,14,18). The summed E-state index contributed by atoms with van der Waals surface area (Å²) < 4.78 is 4.80. The average Bonchev–Trinajstić information content (AvgIpc) is 2.80. The number of amides is 3. The number of imide groups is 1. The van der Waals surface area contributed by atoms with Gasteiger partial charge in [0.1, 0.15) is 5.75 Å². The predicted octanol–water partition coefficient (Wildman–Crippen LogP) is 0.557. The van der Waals surface area contributed by atoms with E-state index in [4.69, 9.17) is 4.74 Å². The van der Waals surface area contributed by atoms with Crippen LogP contribution in [0.5, 0.6) is 5.75 Å². The molecule has 1 N–H and O–H groups in total. The highest BCUT2D eigenvalue weighted by Gasteiger charge is 2.33. The number of nitrogens with one attached hydrogen (secondary N) is 1. The quantitative estimate of drug-likeness (QED) is 0.374. The minimum atomic E-state index is -1.22. The Bertz CT molecular complexity index is 595. The third-order valence-corrected chi connectivity index (χ3v) is 2.68. The molecule has 0 bridgehead atoms. The van der Waals surface area contributed by atoms with Crippen molar-refractivity contribution in [1.82, 2.24) is 10.5 Å². The van der Waals surface area contributed by atoms with Crippen molar-refractivity contribution in [1.29, 1.82) is 0 Å². The van der Waals surface area contributed by atoms with Crippen LogP contribution in [0, 0.1) is 0 Å². The number of benzene rings is 1. The molecular formula is C13H12N2O7. The number of rotatable bonds is 4. The molecule has 1 heterocycles. The van der Waals surface area contributed by atoms with Gasteiger partial charge in [0.25, 0.3) is 17.7 Å². The molecule has 0 atom stereocenters. The first kappa shape index (κ1) is 15.4. The summed E-state index contributed by atoms with van der Waals surface area (Å²) in [6.07, 6.45) is -1.23. The summed E-state index contributed by atoms with van der Waals surface area (Å²) in [7, 11) is 1.30. The van der Waals surface area contributed by atoms with Gasteiger partial charge in [0.05, 0.1) is 7.11 Å². The number of nitrogens with zero attached hydrogens (tertiary/aromatic N) is 1. The van der Waals surface area contributed by atoms with E-state index in [1.54, 1.807) is 0 Å². The number of carbonyl (C=O) groups is 4. The zero-order valence-corrected chi connectivity index (χ0v) is 11.5. The van der Waals surface area contributed by atoms with Crippen molar-refractivity contribution in [2.24, 2.45) is 0 Å². The van der Waals surface area contributed by atoms with Gasteiger partial charge in [-0.3, -0.25) is 24.1 Å². The smallest absolute Gasteiger partial charge is 0.393 e. The van der Waals surface area contributed by atoms with Crippen LogP contribution in [0.15, 0.2) is 24.3 Å². The summed E-state index contributed by atoms with van der Waals surface area (Å²) in [5, 5.41) is 0.378. The van der Waals surface area contributed by atoms with Crippen LogP contribution in [0.25, 0.3) is 0 Å². The van der Waals surface area contributed by atoms with E-state index in [0.29, 0.717) is 5.06 Å². The van der Waals surface area contributed by atoms with Crippen LogP contribution in [0.3, 0.4) is 0 Å². The van der Waals surface area contributed by atoms with Crippen LogP contribution < -0.4 is 10.2 Å². The van der Waals surface area contributed by atoms with Crippen molar-refractivity contribution < 1.29 is 33.6 Å². The maximum atomic E-state index is 11.5. The Morgan fingerprint density at radius 3 is 2.23 bits per heavy atom. The molecule has 1 aromatic carbocycles. The van der Waals surface area contributed by atoms with Gasteiger partial charge in [0.15, 0.2) is 0 Å². The van der Waals surface area contributed by atoms with Crippen LogP contribution in [0.2, 0.25) is 0 Å². The largest absolute Gasteiger partial charge is 0.539 e. The van der Waals surface area contributed by atoms with Crippen molar-refractivity contribution >= 4 is 23.9 Å². The van der Waals surface area contributed by atoms with Crippen molar-refractivity contribution in [3.05, 3.63) is 29.8 Å². The molecule has 116 valence electrons. The molecule has 9 heteroatoms. The third kappa shape index (κ3) is 3.58. The molecule has 1 aliphatic rings. The fourth-order valence-electron chi connectivity index (χ4n) is 1.67. The molecule has 0 radical (unpaired) electrons. The number of hydrogen-bond donors (Lipinski definition) is 1. The Labute approximate surface area is 124 Å². The van der Waals surface area contributed by atoms with E-state index in [1.807, 2.05) is 0 Å². The molecule has 1 aromatic rings. The summed E-state index contributed by atoms with van der Waals surface area (Å²) in [4.78, 5) is 54.5. The first-order valence-electron chi connectivity index (χ1n) is 6.20. The van der Waals surface area contributed by atoms with Crippen molar-refractivity contribution in [3.63, 3.8) is 0 Å². The zero-order valence-electron chi connectivity index (χ0n) is 11.5. The van der Waals surface area contributed by atoms with Crippen LogP contribution >= 0.6 is 0 Å². The first-order chi connectivity index (χ1) is 10.5. The van der Waals surface area contributed by atoms with Gasteiger partial charge >= 0.3 is 6.16 Å². The zero-order chi connectivity index (χ0) is 16.1. The van der Waals surface area contributed by atoms with E-state index < -0.39 is 23.9 Å².